The van der Waals surface area contributed by atoms with Crippen LogP contribution in [0, 0.1) is 6.92 Å². The number of hydrogen-bond donors (Lipinski definition) is 1. The van der Waals surface area contributed by atoms with Crippen molar-refractivity contribution in [2.45, 2.75) is 26.4 Å². The van der Waals surface area contributed by atoms with Gasteiger partial charge in [-0.25, -0.2) is 9.78 Å². The first-order chi connectivity index (χ1) is 14.4. The van der Waals surface area contributed by atoms with E-state index >= 15 is 0 Å². The Morgan fingerprint density at radius 1 is 1.10 bits per heavy atom. The standard InChI is InChI=1S/C22H23N5O3/c1-14-8-10-16(11-9-14)27-15(2)21(29)26(22(27)30)13-20(28)23-12-19-24-17-6-4-5-7-18(17)25(19)3/h4-11,15H,12-13H2,1-3H3,(H,23,28)/t15-/m1/s1. The quantitative estimate of drug-likeness (QED) is 0.660. The van der Waals surface area contributed by atoms with E-state index in [9.17, 15) is 14.4 Å². The zero-order valence-electron chi connectivity index (χ0n) is 17.1. The predicted octanol–water partition coefficient (Wildman–Crippen LogP) is 2.36. The van der Waals surface area contributed by atoms with E-state index in [1.54, 1.807) is 19.1 Å². The lowest BCUT2D eigenvalue weighted by Gasteiger charge is -2.19. The van der Waals surface area contributed by atoms with E-state index in [2.05, 4.69) is 10.3 Å². The molecular weight excluding hydrogens is 382 g/mol. The van der Waals surface area contributed by atoms with Crippen LogP contribution in [0.5, 0.6) is 0 Å². The summed E-state index contributed by atoms with van der Waals surface area (Å²) in [6.45, 7) is 3.49. The number of imidazole rings is 1. The Morgan fingerprint density at radius 3 is 2.50 bits per heavy atom. The lowest BCUT2D eigenvalue weighted by molar-refractivity contribution is -0.131. The van der Waals surface area contributed by atoms with Gasteiger partial charge in [0.15, 0.2) is 0 Å². The van der Waals surface area contributed by atoms with Gasteiger partial charge >= 0.3 is 6.03 Å². The van der Waals surface area contributed by atoms with Crippen molar-refractivity contribution in [3.63, 3.8) is 0 Å². The fourth-order valence-corrected chi connectivity index (χ4v) is 3.64. The number of anilines is 1. The minimum atomic E-state index is -0.659. The zero-order chi connectivity index (χ0) is 21.4. The molecule has 154 valence electrons. The Hall–Kier alpha value is -3.68. The number of nitrogens with one attached hydrogen (secondary N) is 1. The normalized spacial score (nSPS) is 16.6. The van der Waals surface area contributed by atoms with Gasteiger partial charge < -0.3 is 9.88 Å². The van der Waals surface area contributed by atoms with Gasteiger partial charge in [0.2, 0.25) is 5.91 Å². The molecule has 4 amide bonds. The second kappa shape index (κ2) is 7.62. The second-order valence-electron chi connectivity index (χ2n) is 7.44. The number of hydrogen-bond acceptors (Lipinski definition) is 4. The molecule has 8 nitrogen and oxygen atoms in total. The molecule has 2 heterocycles. The van der Waals surface area contributed by atoms with Crippen LogP contribution in [0.3, 0.4) is 0 Å². The van der Waals surface area contributed by atoms with E-state index in [1.165, 1.54) is 4.90 Å². The third kappa shape index (κ3) is 3.41. The molecule has 0 spiro atoms. The highest BCUT2D eigenvalue weighted by molar-refractivity contribution is 6.15. The number of aryl methyl sites for hydroxylation is 2. The third-order valence-electron chi connectivity index (χ3n) is 5.39. The maximum atomic E-state index is 12.8. The Labute approximate surface area is 174 Å². The maximum Gasteiger partial charge on any atom is 0.332 e. The highest BCUT2D eigenvalue weighted by Crippen LogP contribution is 2.26. The number of para-hydroxylation sites is 2. The number of urea groups is 1. The SMILES string of the molecule is Cc1ccc(N2C(=O)N(CC(=O)NCc3nc4ccccc4n3C)C(=O)[C@H]2C)cc1. The number of imide groups is 1. The number of amides is 4. The molecule has 0 bridgehead atoms. The van der Waals surface area contributed by atoms with Crippen molar-refractivity contribution >= 4 is 34.6 Å². The second-order valence-corrected chi connectivity index (χ2v) is 7.44. The van der Waals surface area contributed by atoms with E-state index in [4.69, 9.17) is 0 Å². The lowest BCUT2D eigenvalue weighted by atomic mass is 10.2. The molecule has 1 aliphatic heterocycles. The van der Waals surface area contributed by atoms with Crippen LogP contribution in [0.25, 0.3) is 11.0 Å². The number of carbonyl (C=O) groups excluding carboxylic acids is 3. The predicted molar refractivity (Wildman–Crippen MR) is 113 cm³/mol. The molecule has 1 saturated heterocycles. The monoisotopic (exact) mass is 405 g/mol. The van der Waals surface area contributed by atoms with Crippen LogP contribution in [-0.4, -0.2) is 44.9 Å². The van der Waals surface area contributed by atoms with Gasteiger partial charge in [0, 0.05) is 12.7 Å². The molecule has 1 aliphatic rings. The van der Waals surface area contributed by atoms with Crippen LogP contribution >= 0.6 is 0 Å². The minimum absolute atomic E-state index is 0.206. The maximum absolute atomic E-state index is 12.8. The molecule has 1 aromatic heterocycles. The Morgan fingerprint density at radius 2 is 1.80 bits per heavy atom. The highest BCUT2D eigenvalue weighted by Gasteiger charge is 2.44. The Balaban J connectivity index is 1.43. The summed E-state index contributed by atoms with van der Waals surface area (Å²) in [7, 11) is 1.88. The van der Waals surface area contributed by atoms with Crippen LogP contribution in [0.4, 0.5) is 10.5 Å². The molecule has 1 atom stereocenters. The van der Waals surface area contributed by atoms with Crippen molar-refractivity contribution < 1.29 is 14.4 Å². The van der Waals surface area contributed by atoms with Gasteiger partial charge in [0.25, 0.3) is 5.91 Å². The van der Waals surface area contributed by atoms with Gasteiger partial charge in [-0.05, 0) is 38.1 Å². The smallest absolute Gasteiger partial charge is 0.332 e. The molecule has 0 saturated carbocycles. The van der Waals surface area contributed by atoms with Gasteiger partial charge in [-0.15, -0.1) is 0 Å². The molecule has 0 unspecified atom stereocenters. The average molecular weight is 405 g/mol. The van der Waals surface area contributed by atoms with Crippen LogP contribution in [0.2, 0.25) is 0 Å². The molecule has 0 aliphatic carbocycles. The van der Waals surface area contributed by atoms with E-state index in [-0.39, 0.29) is 13.1 Å². The molecule has 2 aromatic carbocycles. The van der Waals surface area contributed by atoms with Gasteiger partial charge in [-0.2, -0.15) is 0 Å². The summed E-state index contributed by atoms with van der Waals surface area (Å²) >= 11 is 0. The summed E-state index contributed by atoms with van der Waals surface area (Å²) in [6.07, 6.45) is 0. The molecular formula is C22H23N5O3. The third-order valence-corrected chi connectivity index (χ3v) is 5.39. The Kier molecular flexibility index (Phi) is 4.99. The molecule has 8 heteroatoms. The molecule has 30 heavy (non-hydrogen) atoms. The van der Waals surface area contributed by atoms with Crippen molar-refractivity contribution in [3.8, 4) is 0 Å². The first kappa shape index (κ1) is 19.6. The number of fused-ring (bicyclic) bond motifs is 1. The van der Waals surface area contributed by atoms with Crippen LogP contribution in [-0.2, 0) is 23.2 Å². The fourth-order valence-electron chi connectivity index (χ4n) is 3.64. The average Bonchev–Trinajstić information content (AvgIpc) is 3.16. The van der Waals surface area contributed by atoms with Crippen molar-refractivity contribution in [3.05, 3.63) is 59.9 Å². The van der Waals surface area contributed by atoms with E-state index in [0.717, 1.165) is 21.5 Å². The van der Waals surface area contributed by atoms with Crippen LogP contribution in [0.15, 0.2) is 48.5 Å². The lowest BCUT2D eigenvalue weighted by Crippen LogP contribution is -2.41. The van der Waals surface area contributed by atoms with Gasteiger partial charge in [-0.3, -0.25) is 19.4 Å². The van der Waals surface area contributed by atoms with Gasteiger partial charge in [-0.1, -0.05) is 29.8 Å². The number of aromatic nitrogens is 2. The van der Waals surface area contributed by atoms with E-state index < -0.39 is 23.9 Å². The van der Waals surface area contributed by atoms with Crippen molar-refractivity contribution in [2.24, 2.45) is 7.05 Å². The first-order valence-electron chi connectivity index (χ1n) is 9.75. The number of benzene rings is 2. The van der Waals surface area contributed by atoms with Gasteiger partial charge in [0.05, 0.1) is 17.6 Å². The summed E-state index contributed by atoms with van der Waals surface area (Å²) in [4.78, 5) is 44.8. The minimum Gasteiger partial charge on any atom is -0.347 e. The van der Waals surface area contributed by atoms with Gasteiger partial charge in [0.1, 0.15) is 18.4 Å². The summed E-state index contributed by atoms with van der Waals surface area (Å²) in [6, 6.07) is 13.9. The summed E-state index contributed by atoms with van der Waals surface area (Å²) in [5.74, 6) is -0.113. The summed E-state index contributed by atoms with van der Waals surface area (Å²) < 4.78 is 1.91. The molecule has 1 fully saturated rings. The fraction of sp³-hybridized carbons (Fsp3) is 0.273. The molecule has 1 N–H and O–H groups in total. The Bertz CT molecular complexity index is 1140. The van der Waals surface area contributed by atoms with Crippen molar-refractivity contribution in [1.82, 2.24) is 19.8 Å². The summed E-state index contributed by atoms with van der Waals surface area (Å²) in [5.41, 5.74) is 3.50. The zero-order valence-corrected chi connectivity index (χ0v) is 17.1. The van der Waals surface area contributed by atoms with Crippen LogP contribution < -0.4 is 10.2 Å². The first-order valence-corrected chi connectivity index (χ1v) is 9.75. The van der Waals surface area contributed by atoms with E-state index in [1.807, 2.05) is 54.9 Å². The number of rotatable bonds is 5. The van der Waals surface area contributed by atoms with Crippen molar-refractivity contribution in [1.29, 1.82) is 0 Å². The topological polar surface area (TPSA) is 87.5 Å². The van der Waals surface area contributed by atoms with Crippen molar-refractivity contribution in [2.75, 3.05) is 11.4 Å². The molecule has 0 radical (unpaired) electrons. The largest absolute Gasteiger partial charge is 0.347 e. The number of nitrogens with zero attached hydrogens (tertiary/aromatic N) is 4. The molecule has 3 aromatic rings. The summed E-state index contributed by atoms with van der Waals surface area (Å²) in [5, 5.41) is 2.76. The van der Waals surface area contributed by atoms with E-state index in [0.29, 0.717) is 11.5 Å². The number of carbonyl (C=O) groups is 3. The van der Waals surface area contributed by atoms with Crippen LogP contribution in [0.1, 0.15) is 18.3 Å². The highest BCUT2D eigenvalue weighted by atomic mass is 16.2. The molecule has 4 rings (SSSR count).